The molecule has 0 saturated carbocycles. The van der Waals surface area contributed by atoms with Crippen LogP contribution >= 0.6 is 0 Å². The molecule has 0 aromatic heterocycles. The van der Waals surface area contributed by atoms with Gasteiger partial charge in [0.15, 0.2) is 0 Å². The van der Waals surface area contributed by atoms with Crippen molar-refractivity contribution in [1.29, 1.82) is 0 Å². The molecule has 0 saturated heterocycles. The molecule has 0 heterocycles. The van der Waals surface area contributed by atoms with Crippen LogP contribution in [0, 0.1) is 0 Å². The fourth-order valence-corrected chi connectivity index (χ4v) is 4.40. The van der Waals surface area contributed by atoms with Crippen LogP contribution in [-0.2, 0) is 23.7 Å². The van der Waals surface area contributed by atoms with Gasteiger partial charge in [-0.05, 0) is 19.3 Å². The van der Waals surface area contributed by atoms with Gasteiger partial charge in [-0.3, -0.25) is 4.79 Å². The first kappa shape index (κ1) is 36.4. The maximum absolute atomic E-state index is 11.8. The highest BCUT2D eigenvalue weighted by atomic mass is 16.5. The van der Waals surface area contributed by atoms with Gasteiger partial charge >= 0.3 is 5.97 Å². The van der Waals surface area contributed by atoms with Gasteiger partial charge in [-0.25, -0.2) is 0 Å². The van der Waals surface area contributed by atoms with Gasteiger partial charge in [0.25, 0.3) is 0 Å². The second-order valence-corrected chi connectivity index (χ2v) is 10.5. The van der Waals surface area contributed by atoms with Gasteiger partial charge in [-0.2, -0.15) is 0 Å². The van der Waals surface area contributed by atoms with Crippen LogP contribution in [0.25, 0.3) is 0 Å². The van der Waals surface area contributed by atoms with Crippen molar-refractivity contribution in [3.05, 3.63) is 0 Å². The van der Waals surface area contributed by atoms with Crippen molar-refractivity contribution in [2.24, 2.45) is 0 Å². The van der Waals surface area contributed by atoms with Crippen LogP contribution < -0.4 is 0 Å². The minimum Gasteiger partial charge on any atom is -0.466 e. The average Bonchev–Trinajstić information content (AvgIpc) is 2.90. The summed E-state index contributed by atoms with van der Waals surface area (Å²) >= 11 is 0. The first-order valence-electron chi connectivity index (χ1n) is 16.2. The molecule has 0 rings (SSSR count). The molecule has 0 aliphatic heterocycles. The molecule has 0 aromatic rings. The number of carbonyl (C=O) groups excluding carboxylic acids is 1. The molecule has 0 N–H and O–H groups in total. The van der Waals surface area contributed by atoms with Crippen LogP contribution in [0.15, 0.2) is 0 Å². The van der Waals surface area contributed by atoms with E-state index >= 15 is 0 Å². The molecule has 0 bridgehead atoms. The molecule has 0 aliphatic rings. The number of esters is 1. The molecule has 5 nitrogen and oxygen atoms in total. The Bertz CT molecular complexity index is 429. The number of rotatable bonds is 32. The number of unbranched alkanes of at least 4 members (excludes halogenated alkanes) is 18. The Hall–Kier alpha value is -0.650. The highest BCUT2D eigenvalue weighted by Gasteiger charge is 2.03. The highest BCUT2D eigenvalue weighted by molar-refractivity contribution is 5.69. The van der Waals surface area contributed by atoms with Gasteiger partial charge in [0.05, 0.1) is 33.0 Å². The third-order valence-electron chi connectivity index (χ3n) is 6.82. The predicted molar refractivity (Wildman–Crippen MR) is 156 cm³/mol. The van der Waals surface area contributed by atoms with E-state index in [1.165, 1.54) is 109 Å². The summed E-state index contributed by atoms with van der Waals surface area (Å²) < 4.78 is 21.9. The molecule has 0 fully saturated rings. The molecule has 0 spiro atoms. The SMILES string of the molecule is CCCCCCCCCCCCCCCCCCOC(=O)CCCOCCOCCOCCCCCC. The van der Waals surface area contributed by atoms with Crippen molar-refractivity contribution in [2.45, 2.75) is 155 Å². The number of ether oxygens (including phenoxy) is 4. The zero-order valence-electron chi connectivity index (χ0n) is 25.0. The Kier molecular flexibility index (Phi) is 32.8. The molecule has 0 aliphatic carbocycles. The first-order valence-corrected chi connectivity index (χ1v) is 16.2. The topological polar surface area (TPSA) is 54.0 Å². The lowest BCUT2D eigenvalue weighted by Gasteiger charge is -2.07. The van der Waals surface area contributed by atoms with Gasteiger partial charge in [0, 0.05) is 19.6 Å². The zero-order chi connectivity index (χ0) is 26.9. The average molecular weight is 529 g/mol. The number of hydrogen-bond donors (Lipinski definition) is 0. The van der Waals surface area contributed by atoms with Crippen molar-refractivity contribution in [2.75, 3.05) is 46.2 Å². The molecular formula is C32H64O5. The van der Waals surface area contributed by atoms with E-state index in [9.17, 15) is 4.79 Å². The summed E-state index contributed by atoms with van der Waals surface area (Å²) in [5.41, 5.74) is 0. The largest absolute Gasteiger partial charge is 0.466 e. The third kappa shape index (κ3) is 33.3. The second-order valence-electron chi connectivity index (χ2n) is 10.5. The molecule has 37 heavy (non-hydrogen) atoms. The van der Waals surface area contributed by atoms with Crippen molar-refractivity contribution in [3.63, 3.8) is 0 Å². The second kappa shape index (κ2) is 33.4. The van der Waals surface area contributed by atoms with Gasteiger partial charge in [-0.1, -0.05) is 129 Å². The Balaban J connectivity index is 3.14. The fourth-order valence-electron chi connectivity index (χ4n) is 4.40. The molecular weight excluding hydrogens is 464 g/mol. The highest BCUT2D eigenvalue weighted by Crippen LogP contribution is 2.13. The van der Waals surface area contributed by atoms with Crippen molar-refractivity contribution < 1.29 is 23.7 Å². The summed E-state index contributed by atoms with van der Waals surface area (Å²) in [6, 6.07) is 0. The van der Waals surface area contributed by atoms with E-state index < -0.39 is 0 Å². The molecule has 0 radical (unpaired) electrons. The van der Waals surface area contributed by atoms with Crippen LogP contribution in [0.4, 0.5) is 0 Å². The maximum atomic E-state index is 11.8. The minimum atomic E-state index is -0.100. The van der Waals surface area contributed by atoms with E-state index in [2.05, 4.69) is 13.8 Å². The quantitative estimate of drug-likeness (QED) is 0.0643. The first-order chi connectivity index (χ1) is 18.3. The standard InChI is InChI=1S/C32H64O5/c1-3-5-7-9-10-11-12-13-14-15-16-17-18-19-20-22-27-37-32(33)24-23-26-35-29-31-36-30-28-34-25-21-8-6-4-2/h3-31H2,1-2H3. The Labute approximate surface area is 231 Å². The lowest BCUT2D eigenvalue weighted by atomic mass is 10.0. The third-order valence-corrected chi connectivity index (χ3v) is 6.82. The summed E-state index contributed by atoms with van der Waals surface area (Å²) in [5, 5.41) is 0. The van der Waals surface area contributed by atoms with Gasteiger partial charge in [-0.15, -0.1) is 0 Å². The lowest BCUT2D eigenvalue weighted by Crippen LogP contribution is -2.11. The van der Waals surface area contributed by atoms with Crippen LogP contribution in [0.5, 0.6) is 0 Å². The Morgan fingerprint density at radius 2 is 0.703 bits per heavy atom. The van der Waals surface area contributed by atoms with Crippen molar-refractivity contribution in [1.82, 2.24) is 0 Å². The van der Waals surface area contributed by atoms with E-state index in [0.717, 1.165) is 25.9 Å². The van der Waals surface area contributed by atoms with Crippen molar-refractivity contribution in [3.8, 4) is 0 Å². The monoisotopic (exact) mass is 528 g/mol. The van der Waals surface area contributed by atoms with Gasteiger partial charge in [0.1, 0.15) is 0 Å². The fraction of sp³-hybridized carbons (Fsp3) is 0.969. The van der Waals surface area contributed by atoms with Crippen LogP contribution in [0.3, 0.4) is 0 Å². The predicted octanol–water partition coefficient (Wildman–Crippen LogP) is 9.20. The zero-order valence-corrected chi connectivity index (χ0v) is 25.0. The lowest BCUT2D eigenvalue weighted by molar-refractivity contribution is -0.144. The summed E-state index contributed by atoms with van der Waals surface area (Å²) in [4.78, 5) is 11.8. The minimum absolute atomic E-state index is 0.100. The van der Waals surface area contributed by atoms with Gasteiger partial charge < -0.3 is 18.9 Å². The van der Waals surface area contributed by atoms with E-state index in [-0.39, 0.29) is 5.97 Å². The molecule has 5 heteroatoms. The molecule has 0 atom stereocenters. The van der Waals surface area contributed by atoms with Crippen molar-refractivity contribution >= 4 is 5.97 Å². The molecule has 0 unspecified atom stereocenters. The Morgan fingerprint density at radius 1 is 0.378 bits per heavy atom. The number of hydrogen-bond acceptors (Lipinski definition) is 5. The molecule has 0 aromatic carbocycles. The van der Waals surface area contributed by atoms with Crippen LogP contribution in [-0.4, -0.2) is 52.2 Å². The van der Waals surface area contributed by atoms with Crippen LogP contribution in [0.1, 0.15) is 155 Å². The van der Waals surface area contributed by atoms with Crippen LogP contribution in [0.2, 0.25) is 0 Å². The molecule has 0 amide bonds. The summed E-state index contributed by atoms with van der Waals surface area (Å²) in [5.74, 6) is -0.100. The summed E-state index contributed by atoms with van der Waals surface area (Å²) in [6.07, 6.45) is 27.7. The summed E-state index contributed by atoms with van der Waals surface area (Å²) in [7, 11) is 0. The normalized spacial score (nSPS) is 11.3. The van der Waals surface area contributed by atoms with E-state index in [4.69, 9.17) is 18.9 Å². The van der Waals surface area contributed by atoms with E-state index in [1.807, 2.05) is 0 Å². The smallest absolute Gasteiger partial charge is 0.305 e. The summed E-state index contributed by atoms with van der Waals surface area (Å²) in [6.45, 7) is 8.86. The van der Waals surface area contributed by atoms with E-state index in [1.54, 1.807) is 0 Å². The van der Waals surface area contributed by atoms with E-state index in [0.29, 0.717) is 52.5 Å². The Morgan fingerprint density at radius 3 is 1.16 bits per heavy atom. The number of carbonyl (C=O) groups is 1. The maximum Gasteiger partial charge on any atom is 0.305 e. The molecule has 222 valence electrons. The van der Waals surface area contributed by atoms with Gasteiger partial charge in [0.2, 0.25) is 0 Å².